The van der Waals surface area contributed by atoms with Crippen LogP contribution >= 0.6 is 23.4 Å². The third-order valence-electron chi connectivity index (χ3n) is 5.68. The Hall–Kier alpha value is -3.80. The zero-order valence-electron chi connectivity index (χ0n) is 19.5. The molecule has 0 unspecified atom stereocenters. The van der Waals surface area contributed by atoms with Crippen LogP contribution in [0.5, 0.6) is 0 Å². The Kier molecular flexibility index (Phi) is 7.50. The summed E-state index contributed by atoms with van der Waals surface area (Å²) in [5.41, 5.74) is 5.75. The van der Waals surface area contributed by atoms with Gasteiger partial charge in [0.25, 0.3) is 5.91 Å². The molecular weight excluding hydrogens is 486 g/mol. The third-order valence-corrected chi connectivity index (χ3v) is 6.87. The summed E-state index contributed by atoms with van der Waals surface area (Å²) in [5.74, 6) is 0.555. The molecule has 5 rings (SSSR count). The van der Waals surface area contributed by atoms with Gasteiger partial charge in [-0.3, -0.25) is 9.36 Å². The summed E-state index contributed by atoms with van der Waals surface area (Å²) >= 11 is 7.56. The van der Waals surface area contributed by atoms with Crippen molar-refractivity contribution in [3.63, 3.8) is 0 Å². The van der Waals surface area contributed by atoms with E-state index in [1.54, 1.807) is 36.0 Å². The first-order valence-electron chi connectivity index (χ1n) is 11.7. The molecule has 178 valence electrons. The lowest BCUT2D eigenvalue weighted by molar-refractivity contribution is 0.0956. The standard InChI is InChI=1S/C30H24ClN3OS/c31-25-18-16-24(17-19-25)29(35)32-20-21-36-30-33-27(22-10-4-1-5-11-22)28(23-12-6-2-7-13-23)34(30)26-14-8-3-9-15-26/h1-19H,20-21H2,(H,32,35). The van der Waals surface area contributed by atoms with Gasteiger partial charge < -0.3 is 5.32 Å². The van der Waals surface area contributed by atoms with Crippen molar-refractivity contribution in [2.45, 2.75) is 5.16 Å². The number of carbonyl (C=O) groups excluding carboxylic acids is 1. The van der Waals surface area contributed by atoms with Crippen molar-refractivity contribution < 1.29 is 4.79 Å². The van der Waals surface area contributed by atoms with E-state index in [0.717, 1.165) is 33.4 Å². The normalized spacial score (nSPS) is 10.8. The van der Waals surface area contributed by atoms with Crippen LogP contribution in [0, 0.1) is 0 Å². The number of halogens is 1. The first-order chi connectivity index (χ1) is 17.7. The molecule has 0 radical (unpaired) electrons. The molecule has 1 aromatic heterocycles. The second kappa shape index (κ2) is 11.3. The lowest BCUT2D eigenvalue weighted by Crippen LogP contribution is -2.25. The number of nitrogens with zero attached hydrogens (tertiary/aromatic N) is 2. The summed E-state index contributed by atoms with van der Waals surface area (Å²) in [6, 6.07) is 37.8. The average Bonchev–Trinajstić information content (AvgIpc) is 3.32. The molecule has 1 N–H and O–H groups in total. The summed E-state index contributed by atoms with van der Waals surface area (Å²) in [7, 11) is 0. The number of hydrogen-bond acceptors (Lipinski definition) is 3. The van der Waals surface area contributed by atoms with Crippen LogP contribution in [0.4, 0.5) is 0 Å². The zero-order chi connectivity index (χ0) is 24.7. The predicted molar refractivity (Wildman–Crippen MR) is 149 cm³/mol. The second-order valence-electron chi connectivity index (χ2n) is 8.11. The highest BCUT2D eigenvalue weighted by atomic mass is 35.5. The quantitative estimate of drug-likeness (QED) is 0.175. The van der Waals surface area contributed by atoms with Gasteiger partial charge in [0.1, 0.15) is 0 Å². The highest BCUT2D eigenvalue weighted by Gasteiger charge is 2.21. The monoisotopic (exact) mass is 509 g/mol. The maximum Gasteiger partial charge on any atom is 0.251 e. The van der Waals surface area contributed by atoms with Gasteiger partial charge >= 0.3 is 0 Å². The number of imidazole rings is 1. The largest absolute Gasteiger partial charge is 0.351 e. The number of aromatic nitrogens is 2. The Balaban J connectivity index is 1.47. The smallest absolute Gasteiger partial charge is 0.251 e. The molecule has 0 aliphatic rings. The van der Waals surface area contributed by atoms with Crippen LogP contribution in [0.3, 0.4) is 0 Å². The number of thioether (sulfide) groups is 1. The average molecular weight is 510 g/mol. The van der Waals surface area contributed by atoms with E-state index in [2.05, 4.69) is 46.3 Å². The SMILES string of the molecule is O=C(NCCSc1nc(-c2ccccc2)c(-c2ccccc2)n1-c1ccccc1)c1ccc(Cl)cc1. The van der Waals surface area contributed by atoms with Crippen LogP contribution in [0.1, 0.15) is 10.4 Å². The van der Waals surface area contributed by atoms with Crippen molar-refractivity contribution in [2.24, 2.45) is 0 Å². The van der Waals surface area contributed by atoms with E-state index < -0.39 is 0 Å². The van der Waals surface area contributed by atoms with Gasteiger partial charge in [-0.25, -0.2) is 4.98 Å². The van der Waals surface area contributed by atoms with Crippen molar-refractivity contribution in [1.82, 2.24) is 14.9 Å². The summed E-state index contributed by atoms with van der Waals surface area (Å²) in [5, 5.41) is 4.48. The fourth-order valence-electron chi connectivity index (χ4n) is 3.98. The molecule has 6 heteroatoms. The van der Waals surface area contributed by atoms with Crippen molar-refractivity contribution >= 4 is 29.3 Å². The van der Waals surface area contributed by atoms with Gasteiger partial charge in [0, 0.05) is 39.7 Å². The van der Waals surface area contributed by atoms with Crippen LogP contribution in [-0.4, -0.2) is 27.8 Å². The van der Waals surface area contributed by atoms with Crippen molar-refractivity contribution in [1.29, 1.82) is 0 Å². The predicted octanol–water partition coefficient (Wildman–Crippen LogP) is 7.38. The molecule has 4 nitrogen and oxygen atoms in total. The summed E-state index contributed by atoms with van der Waals surface area (Å²) in [4.78, 5) is 17.6. The number of benzene rings is 4. The molecule has 0 saturated carbocycles. The fraction of sp³-hybridized carbons (Fsp3) is 0.0667. The highest BCUT2D eigenvalue weighted by molar-refractivity contribution is 7.99. The Bertz CT molecular complexity index is 1440. The van der Waals surface area contributed by atoms with E-state index in [1.165, 1.54) is 0 Å². The molecule has 4 aromatic carbocycles. The first-order valence-corrected chi connectivity index (χ1v) is 13.0. The molecule has 0 atom stereocenters. The van der Waals surface area contributed by atoms with Gasteiger partial charge in [0.15, 0.2) is 5.16 Å². The van der Waals surface area contributed by atoms with Crippen LogP contribution in [0.2, 0.25) is 5.02 Å². The Morgan fingerprint density at radius 2 is 1.36 bits per heavy atom. The molecule has 5 aromatic rings. The number of carbonyl (C=O) groups is 1. The summed E-state index contributed by atoms with van der Waals surface area (Å²) in [6.07, 6.45) is 0. The van der Waals surface area contributed by atoms with E-state index >= 15 is 0 Å². The molecule has 0 saturated heterocycles. The summed E-state index contributed by atoms with van der Waals surface area (Å²) < 4.78 is 2.21. The van der Waals surface area contributed by atoms with Crippen molar-refractivity contribution in [2.75, 3.05) is 12.3 Å². The minimum absolute atomic E-state index is 0.117. The lowest BCUT2D eigenvalue weighted by Gasteiger charge is -2.13. The van der Waals surface area contributed by atoms with Gasteiger partial charge in [-0.05, 0) is 36.4 Å². The van der Waals surface area contributed by atoms with E-state index in [4.69, 9.17) is 16.6 Å². The summed E-state index contributed by atoms with van der Waals surface area (Å²) in [6.45, 7) is 0.509. The zero-order valence-corrected chi connectivity index (χ0v) is 21.0. The second-order valence-corrected chi connectivity index (χ2v) is 9.60. The molecule has 36 heavy (non-hydrogen) atoms. The number of rotatable bonds is 8. The lowest BCUT2D eigenvalue weighted by atomic mass is 10.0. The fourth-order valence-corrected chi connectivity index (χ4v) is 4.98. The van der Waals surface area contributed by atoms with Gasteiger partial charge in [-0.2, -0.15) is 0 Å². The molecule has 0 aliphatic carbocycles. The number of nitrogens with one attached hydrogen (secondary N) is 1. The molecule has 0 bridgehead atoms. The van der Waals surface area contributed by atoms with Crippen LogP contribution < -0.4 is 5.32 Å². The van der Waals surface area contributed by atoms with Crippen molar-refractivity contribution in [3.8, 4) is 28.2 Å². The number of hydrogen-bond donors (Lipinski definition) is 1. The first kappa shape index (κ1) is 23.9. The van der Waals surface area contributed by atoms with E-state index in [0.29, 0.717) is 22.9 Å². The van der Waals surface area contributed by atoms with Crippen LogP contribution in [-0.2, 0) is 0 Å². The molecule has 0 fully saturated rings. The molecular formula is C30H24ClN3OS. The topological polar surface area (TPSA) is 46.9 Å². The molecule has 0 spiro atoms. The van der Waals surface area contributed by atoms with Gasteiger partial charge in [-0.1, -0.05) is 102 Å². The molecule has 0 aliphatic heterocycles. The Morgan fingerprint density at radius 1 is 0.778 bits per heavy atom. The maximum absolute atomic E-state index is 12.5. The van der Waals surface area contributed by atoms with E-state index in [1.807, 2.05) is 54.6 Å². The van der Waals surface area contributed by atoms with E-state index in [9.17, 15) is 4.79 Å². The number of amides is 1. The maximum atomic E-state index is 12.5. The van der Waals surface area contributed by atoms with Gasteiger partial charge in [0.05, 0.1) is 11.4 Å². The minimum Gasteiger partial charge on any atom is -0.351 e. The third kappa shape index (κ3) is 5.38. The van der Waals surface area contributed by atoms with Gasteiger partial charge in [-0.15, -0.1) is 0 Å². The minimum atomic E-state index is -0.117. The molecule has 1 heterocycles. The van der Waals surface area contributed by atoms with Crippen LogP contribution in [0.25, 0.3) is 28.2 Å². The van der Waals surface area contributed by atoms with E-state index in [-0.39, 0.29) is 5.91 Å². The highest BCUT2D eigenvalue weighted by Crippen LogP contribution is 2.38. The van der Waals surface area contributed by atoms with Crippen LogP contribution in [0.15, 0.2) is 120 Å². The molecule has 1 amide bonds. The number of para-hydroxylation sites is 1. The Labute approximate surface area is 220 Å². The van der Waals surface area contributed by atoms with Crippen molar-refractivity contribution in [3.05, 3.63) is 126 Å². The van der Waals surface area contributed by atoms with Gasteiger partial charge in [0.2, 0.25) is 0 Å². The Morgan fingerprint density at radius 3 is 2.00 bits per heavy atom.